The zero-order valence-corrected chi connectivity index (χ0v) is 12.1. The minimum absolute atomic E-state index is 0.369. The van der Waals surface area contributed by atoms with Crippen LogP contribution in [0.5, 0.6) is 0 Å². The van der Waals surface area contributed by atoms with Gasteiger partial charge in [-0.3, -0.25) is 14.5 Å². The summed E-state index contributed by atoms with van der Waals surface area (Å²) in [6.07, 6.45) is 1.95. The number of hydrogen-bond acceptors (Lipinski definition) is 4. The molecular formula is C13H26N4O2. The van der Waals surface area contributed by atoms with E-state index >= 15 is 0 Å². The van der Waals surface area contributed by atoms with E-state index in [1.807, 2.05) is 0 Å². The Bertz CT molecular complexity index is 301. The Morgan fingerprint density at radius 3 is 2.37 bits per heavy atom. The fourth-order valence-electron chi connectivity index (χ4n) is 2.15. The molecule has 0 saturated carbocycles. The Morgan fingerprint density at radius 1 is 1.21 bits per heavy atom. The number of unbranched alkanes of at least 4 members (excludes halogenated alkanes) is 1. The topological polar surface area (TPSA) is 69.9 Å². The van der Waals surface area contributed by atoms with Gasteiger partial charge in [-0.1, -0.05) is 13.3 Å². The Morgan fingerprint density at radius 2 is 1.84 bits per heavy atom. The Balaban J connectivity index is 2.39. The summed E-state index contributed by atoms with van der Waals surface area (Å²) in [4.78, 5) is 29.4. The van der Waals surface area contributed by atoms with Crippen LogP contribution in [0.4, 0.5) is 0 Å². The molecule has 110 valence electrons. The summed E-state index contributed by atoms with van der Waals surface area (Å²) in [5.41, 5.74) is 5.51. The van der Waals surface area contributed by atoms with Crippen LogP contribution in [-0.4, -0.2) is 79.4 Å². The van der Waals surface area contributed by atoms with Gasteiger partial charge in [0.15, 0.2) is 0 Å². The van der Waals surface area contributed by atoms with E-state index in [0.717, 1.165) is 32.5 Å². The van der Waals surface area contributed by atoms with E-state index in [1.54, 1.807) is 11.9 Å². The molecule has 0 aliphatic carbocycles. The van der Waals surface area contributed by atoms with Crippen LogP contribution >= 0.6 is 0 Å². The van der Waals surface area contributed by atoms with Gasteiger partial charge >= 0.3 is 11.8 Å². The van der Waals surface area contributed by atoms with Gasteiger partial charge in [-0.2, -0.15) is 0 Å². The van der Waals surface area contributed by atoms with Crippen molar-refractivity contribution in [3.63, 3.8) is 0 Å². The van der Waals surface area contributed by atoms with Crippen molar-refractivity contribution in [3.8, 4) is 0 Å². The molecule has 0 aromatic heterocycles. The Kier molecular flexibility index (Phi) is 6.80. The van der Waals surface area contributed by atoms with E-state index < -0.39 is 0 Å². The molecule has 1 fully saturated rings. The Hall–Kier alpha value is -1.14. The van der Waals surface area contributed by atoms with Gasteiger partial charge in [0.2, 0.25) is 0 Å². The zero-order valence-electron chi connectivity index (χ0n) is 12.1. The molecule has 1 rings (SSSR count). The summed E-state index contributed by atoms with van der Waals surface area (Å²) >= 11 is 0. The normalized spacial score (nSPS) is 16.5. The molecule has 1 aliphatic rings. The molecule has 1 saturated heterocycles. The second kappa shape index (κ2) is 8.12. The number of carbonyl (C=O) groups excluding carboxylic acids is 2. The van der Waals surface area contributed by atoms with Gasteiger partial charge in [0.1, 0.15) is 0 Å². The van der Waals surface area contributed by atoms with Crippen molar-refractivity contribution in [2.24, 2.45) is 5.73 Å². The fraction of sp³-hybridized carbons (Fsp3) is 0.846. The monoisotopic (exact) mass is 270 g/mol. The van der Waals surface area contributed by atoms with Crippen molar-refractivity contribution < 1.29 is 9.59 Å². The van der Waals surface area contributed by atoms with Crippen LogP contribution in [-0.2, 0) is 9.59 Å². The largest absolute Gasteiger partial charge is 0.338 e. The predicted octanol–water partition coefficient (Wildman–Crippen LogP) is -0.652. The first-order valence-electron chi connectivity index (χ1n) is 7.07. The maximum atomic E-state index is 12.1. The third-order valence-electron chi connectivity index (χ3n) is 3.48. The number of nitrogens with two attached hydrogens (primary N) is 1. The summed E-state index contributed by atoms with van der Waals surface area (Å²) in [5.74, 6) is -0.758. The summed E-state index contributed by atoms with van der Waals surface area (Å²) in [5, 5.41) is 0. The number of amides is 2. The number of carbonyl (C=O) groups is 2. The van der Waals surface area contributed by atoms with E-state index in [2.05, 4.69) is 11.8 Å². The summed E-state index contributed by atoms with van der Waals surface area (Å²) < 4.78 is 0. The molecule has 0 unspecified atom stereocenters. The van der Waals surface area contributed by atoms with Crippen LogP contribution in [0.25, 0.3) is 0 Å². The molecule has 19 heavy (non-hydrogen) atoms. The highest BCUT2D eigenvalue weighted by atomic mass is 16.2. The molecule has 6 heteroatoms. The van der Waals surface area contributed by atoms with E-state index in [9.17, 15) is 9.59 Å². The molecule has 6 nitrogen and oxygen atoms in total. The molecular weight excluding hydrogens is 244 g/mol. The lowest BCUT2D eigenvalue weighted by Crippen LogP contribution is -2.53. The van der Waals surface area contributed by atoms with Crippen LogP contribution in [0.15, 0.2) is 0 Å². The quantitative estimate of drug-likeness (QED) is 0.674. The molecule has 1 heterocycles. The molecule has 0 bridgehead atoms. The second-order valence-corrected chi connectivity index (χ2v) is 5.00. The highest BCUT2D eigenvalue weighted by molar-refractivity contribution is 6.34. The third kappa shape index (κ3) is 4.80. The van der Waals surface area contributed by atoms with Crippen molar-refractivity contribution in [2.45, 2.75) is 19.8 Å². The number of piperazine rings is 1. The lowest BCUT2D eigenvalue weighted by atomic mass is 10.2. The van der Waals surface area contributed by atoms with Crippen molar-refractivity contribution >= 4 is 11.8 Å². The van der Waals surface area contributed by atoms with Crippen LogP contribution in [0.1, 0.15) is 19.8 Å². The zero-order chi connectivity index (χ0) is 14.3. The fourth-order valence-corrected chi connectivity index (χ4v) is 2.15. The molecule has 0 aromatic rings. The maximum absolute atomic E-state index is 12.1. The van der Waals surface area contributed by atoms with Crippen LogP contribution in [0, 0.1) is 0 Å². The van der Waals surface area contributed by atoms with Gasteiger partial charge in [-0.15, -0.1) is 0 Å². The molecule has 1 aliphatic heterocycles. The lowest BCUT2D eigenvalue weighted by molar-refractivity contribution is -0.152. The number of rotatable bonds is 5. The average molecular weight is 270 g/mol. The minimum Gasteiger partial charge on any atom is -0.338 e. The predicted molar refractivity (Wildman–Crippen MR) is 74.6 cm³/mol. The maximum Gasteiger partial charge on any atom is 0.312 e. The van der Waals surface area contributed by atoms with Gasteiger partial charge in [0.05, 0.1) is 0 Å². The molecule has 0 atom stereocenters. The van der Waals surface area contributed by atoms with Gasteiger partial charge in [-0.25, -0.2) is 0 Å². The van der Waals surface area contributed by atoms with Crippen molar-refractivity contribution in [1.29, 1.82) is 0 Å². The second-order valence-electron chi connectivity index (χ2n) is 5.00. The molecule has 0 radical (unpaired) electrons. The Labute approximate surface area is 115 Å². The SMILES string of the molecule is CCCCN(C)C(=O)C(=O)N1CCN(CCN)CC1. The first kappa shape index (κ1) is 15.9. The number of hydrogen-bond donors (Lipinski definition) is 1. The van der Waals surface area contributed by atoms with Gasteiger partial charge in [0.25, 0.3) is 0 Å². The van der Waals surface area contributed by atoms with Crippen molar-refractivity contribution in [1.82, 2.24) is 14.7 Å². The summed E-state index contributed by atoms with van der Waals surface area (Å²) in [7, 11) is 1.70. The molecule has 0 spiro atoms. The van der Waals surface area contributed by atoms with E-state index in [0.29, 0.717) is 26.2 Å². The van der Waals surface area contributed by atoms with Crippen LogP contribution in [0.3, 0.4) is 0 Å². The van der Waals surface area contributed by atoms with Crippen molar-refractivity contribution in [2.75, 3.05) is 52.9 Å². The van der Waals surface area contributed by atoms with Crippen LogP contribution in [0.2, 0.25) is 0 Å². The number of likely N-dealkylation sites (N-methyl/N-ethyl adjacent to an activating group) is 1. The van der Waals surface area contributed by atoms with Gasteiger partial charge in [-0.05, 0) is 6.42 Å². The first-order valence-corrected chi connectivity index (χ1v) is 7.07. The molecule has 0 aromatic carbocycles. The highest BCUT2D eigenvalue weighted by Gasteiger charge is 2.27. The van der Waals surface area contributed by atoms with Crippen molar-refractivity contribution in [3.05, 3.63) is 0 Å². The highest BCUT2D eigenvalue weighted by Crippen LogP contribution is 2.03. The number of nitrogens with zero attached hydrogens (tertiary/aromatic N) is 3. The average Bonchev–Trinajstić information content (AvgIpc) is 2.44. The standard InChI is InChI=1S/C13H26N4O2/c1-3-4-6-15(2)12(18)13(19)17-10-8-16(7-5-14)9-11-17/h3-11,14H2,1-2H3. The third-order valence-corrected chi connectivity index (χ3v) is 3.48. The lowest BCUT2D eigenvalue weighted by Gasteiger charge is -2.34. The van der Waals surface area contributed by atoms with Crippen LogP contribution < -0.4 is 5.73 Å². The molecule has 2 N–H and O–H groups in total. The first-order chi connectivity index (χ1) is 9.10. The minimum atomic E-state index is -0.388. The summed E-state index contributed by atoms with van der Waals surface area (Å²) in [6.45, 7) is 7.03. The smallest absolute Gasteiger partial charge is 0.312 e. The molecule has 2 amide bonds. The van der Waals surface area contributed by atoms with Gasteiger partial charge < -0.3 is 15.5 Å². The van der Waals surface area contributed by atoms with Gasteiger partial charge in [0, 0.05) is 52.9 Å². The van der Waals surface area contributed by atoms with E-state index in [-0.39, 0.29) is 11.8 Å². The van der Waals surface area contributed by atoms with E-state index in [1.165, 1.54) is 4.90 Å². The van der Waals surface area contributed by atoms with E-state index in [4.69, 9.17) is 5.73 Å². The summed E-state index contributed by atoms with van der Waals surface area (Å²) in [6, 6.07) is 0.